The number of methoxy groups -OCH3 is 3. The van der Waals surface area contributed by atoms with E-state index in [9.17, 15) is 5.11 Å². The van der Waals surface area contributed by atoms with Crippen LogP contribution in [0.3, 0.4) is 0 Å². The molecular formula is C29H38N2O4. The minimum absolute atomic E-state index is 0.134. The fourth-order valence-electron chi connectivity index (χ4n) is 4.09. The largest absolute Gasteiger partial charge is 0.496 e. The van der Waals surface area contributed by atoms with Gasteiger partial charge in [0.1, 0.15) is 17.2 Å². The third-order valence-electron chi connectivity index (χ3n) is 5.75. The van der Waals surface area contributed by atoms with Gasteiger partial charge in [-0.2, -0.15) is 0 Å². The van der Waals surface area contributed by atoms with Gasteiger partial charge in [0.15, 0.2) is 0 Å². The highest BCUT2D eigenvalue weighted by Gasteiger charge is 2.21. The van der Waals surface area contributed by atoms with Gasteiger partial charge in [-0.25, -0.2) is 0 Å². The van der Waals surface area contributed by atoms with Gasteiger partial charge in [-0.3, -0.25) is 0 Å². The molecule has 0 aliphatic rings. The zero-order valence-corrected chi connectivity index (χ0v) is 21.3. The minimum atomic E-state index is -0.134. The molecule has 0 spiro atoms. The third-order valence-corrected chi connectivity index (χ3v) is 5.75. The molecule has 6 heteroatoms. The topological polar surface area (TPSA) is 54.4 Å². The van der Waals surface area contributed by atoms with Crippen molar-refractivity contribution in [1.82, 2.24) is 0 Å². The summed E-state index contributed by atoms with van der Waals surface area (Å²) in [7, 11) is 4.92. The molecule has 0 saturated carbocycles. The lowest BCUT2D eigenvalue weighted by atomic mass is 9.96. The summed E-state index contributed by atoms with van der Waals surface area (Å²) >= 11 is 0. The zero-order chi connectivity index (χ0) is 25.8. The van der Waals surface area contributed by atoms with Crippen LogP contribution >= 0.6 is 0 Å². The first-order valence-electron chi connectivity index (χ1n) is 11.5. The highest BCUT2D eigenvalue weighted by atomic mass is 16.5. The summed E-state index contributed by atoms with van der Waals surface area (Å²) in [5.74, 6) is 2.05. The van der Waals surface area contributed by atoms with Gasteiger partial charge in [-0.15, -0.1) is 26.3 Å². The van der Waals surface area contributed by atoms with Crippen LogP contribution in [0.5, 0.6) is 17.2 Å². The Hall–Kier alpha value is -3.64. The van der Waals surface area contributed by atoms with Gasteiger partial charge in [0.05, 0.1) is 27.9 Å². The Morgan fingerprint density at radius 1 is 0.657 bits per heavy atom. The molecule has 0 bridgehead atoms. The van der Waals surface area contributed by atoms with E-state index < -0.39 is 0 Å². The fraction of sp³-hybridized carbons (Fsp3) is 0.310. The van der Waals surface area contributed by atoms with Gasteiger partial charge in [-0.05, 0) is 11.6 Å². The van der Waals surface area contributed by atoms with Crippen molar-refractivity contribution >= 4 is 11.4 Å². The van der Waals surface area contributed by atoms with Gasteiger partial charge >= 0.3 is 0 Å². The molecule has 0 radical (unpaired) electrons. The predicted molar refractivity (Wildman–Crippen MR) is 146 cm³/mol. The SMILES string of the molecule is C=CCN(CC=C)c1cc(CO)c(Cc2c(OC)cc(N(CC=C)CC=C)cc2OC)c(OC)c1. The Morgan fingerprint density at radius 3 is 1.37 bits per heavy atom. The van der Waals surface area contributed by atoms with Crippen molar-refractivity contribution in [2.45, 2.75) is 13.0 Å². The molecule has 2 aromatic rings. The van der Waals surface area contributed by atoms with Gasteiger partial charge < -0.3 is 29.1 Å². The van der Waals surface area contributed by atoms with Crippen molar-refractivity contribution in [3.8, 4) is 17.2 Å². The smallest absolute Gasteiger partial charge is 0.128 e. The summed E-state index contributed by atoms with van der Waals surface area (Å²) < 4.78 is 17.4. The zero-order valence-electron chi connectivity index (χ0n) is 21.3. The highest BCUT2D eigenvalue weighted by molar-refractivity contribution is 5.64. The summed E-state index contributed by atoms with van der Waals surface area (Å²) in [6.07, 6.45) is 7.82. The first-order chi connectivity index (χ1) is 17.0. The molecule has 0 heterocycles. The molecule has 0 amide bonds. The van der Waals surface area contributed by atoms with Crippen molar-refractivity contribution in [3.05, 3.63) is 91.6 Å². The normalized spacial score (nSPS) is 10.3. The summed E-state index contributed by atoms with van der Waals surface area (Å²) in [5.41, 5.74) is 4.37. The molecule has 0 aliphatic carbocycles. The maximum absolute atomic E-state index is 10.3. The van der Waals surface area contributed by atoms with E-state index in [0.29, 0.717) is 49.8 Å². The number of benzene rings is 2. The number of rotatable bonds is 16. The van der Waals surface area contributed by atoms with E-state index in [-0.39, 0.29) is 6.61 Å². The van der Waals surface area contributed by atoms with Crippen LogP contribution in [-0.4, -0.2) is 52.6 Å². The molecule has 0 saturated heterocycles. The lowest BCUT2D eigenvalue weighted by molar-refractivity contribution is 0.279. The molecule has 2 aromatic carbocycles. The molecule has 0 unspecified atom stereocenters. The maximum atomic E-state index is 10.3. The van der Waals surface area contributed by atoms with Crippen molar-refractivity contribution < 1.29 is 19.3 Å². The number of nitrogens with zero attached hydrogens (tertiary/aromatic N) is 2. The fourth-order valence-corrected chi connectivity index (χ4v) is 4.09. The number of anilines is 2. The van der Waals surface area contributed by atoms with Crippen molar-refractivity contribution in [2.24, 2.45) is 0 Å². The Labute approximate surface area is 210 Å². The van der Waals surface area contributed by atoms with E-state index in [0.717, 1.165) is 28.1 Å². The molecule has 0 fully saturated rings. The number of hydrogen-bond donors (Lipinski definition) is 1. The Balaban J connectivity index is 2.62. The molecule has 35 heavy (non-hydrogen) atoms. The van der Waals surface area contributed by atoms with E-state index in [1.54, 1.807) is 21.3 Å². The number of ether oxygens (including phenoxy) is 3. The standard InChI is InChI=1S/C29H38N2O4/c1-8-12-30(13-9-2)23-16-22(21-32)25(27(17-23)33-5)20-26-28(34-6)18-24(19-29(26)35-7)31(14-10-3)15-11-4/h8-11,16-19,32H,1-4,12-15,20-21H2,5-7H3. The summed E-state index contributed by atoms with van der Waals surface area (Å²) in [5, 5.41) is 10.3. The average Bonchev–Trinajstić information content (AvgIpc) is 2.88. The van der Waals surface area contributed by atoms with Crippen LogP contribution in [0.2, 0.25) is 0 Å². The number of aliphatic hydroxyl groups is 1. The Kier molecular flexibility index (Phi) is 11.0. The first kappa shape index (κ1) is 27.6. The molecule has 0 atom stereocenters. The van der Waals surface area contributed by atoms with E-state index >= 15 is 0 Å². The molecule has 1 N–H and O–H groups in total. The second kappa shape index (κ2) is 13.9. The van der Waals surface area contributed by atoms with Gasteiger partial charge in [0, 0.05) is 73.3 Å². The van der Waals surface area contributed by atoms with Crippen LogP contribution in [0.25, 0.3) is 0 Å². The lowest BCUT2D eigenvalue weighted by Crippen LogP contribution is -2.23. The molecular weight excluding hydrogens is 440 g/mol. The number of aliphatic hydroxyl groups excluding tert-OH is 1. The maximum Gasteiger partial charge on any atom is 0.128 e. The van der Waals surface area contributed by atoms with Gasteiger partial charge in [-0.1, -0.05) is 24.3 Å². The van der Waals surface area contributed by atoms with Crippen molar-refractivity contribution in [1.29, 1.82) is 0 Å². The van der Waals surface area contributed by atoms with E-state index in [2.05, 4.69) is 36.1 Å². The molecule has 0 aromatic heterocycles. The van der Waals surface area contributed by atoms with Gasteiger partial charge in [0.2, 0.25) is 0 Å². The average molecular weight is 479 g/mol. The van der Waals surface area contributed by atoms with Crippen molar-refractivity contribution in [2.75, 3.05) is 57.3 Å². The Morgan fingerprint density at radius 2 is 1.03 bits per heavy atom. The highest BCUT2D eigenvalue weighted by Crippen LogP contribution is 2.39. The van der Waals surface area contributed by atoms with E-state index in [1.165, 1.54) is 0 Å². The van der Waals surface area contributed by atoms with Crippen LogP contribution < -0.4 is 24.0 Å². The minimum Gasteiger partial charge on any atom is -0.496 e. The van der Waals surface area contributed by atoms with Crippen LogP contribution in [0.15, 0.2) is 74.9 Å². The third kappa shape index (κ3) is 6.70. The molecule has 6 nitrogen and oxygen atoms in total. The monoisotopic (exact) mass is 478 g/mol. The predicted octanol–water partition coefficient (Wildman–Crippen LogP) is 5.15. The lowest BCUT2D eigenvalue weighted by Gasteiger charge is -2.26. The molecule has 2 rings (SSSR count). The Bertz CT molecular complexity index is 880. The van der Waals surface area contributed by atoms with Crippen LogP contribution in [0.1, 0.15) is 16.7 Å². The van der Waals surface area contributed by atoms with Gasteiger partial charge in [0.25, 0.3) is 0 Å². The van der Waals surface area contributed by atoms with Crippen molar-refractivity contribution in [3.63, 3.8) is 0 Å². The van der Waals surface area contributed by atoms with Crippen LogP contribution in [0.4, 0.5) is 11.4 Å². The quantitative estimate of drug-likeness (QED) is 0.337. The molecule has 188 valence electrons. The molecule has 0 aliphatic heterocycles. The van der Waals surface area contributed by atoms with E-state index in [4.69, 9.17) is 14.2 Å². The summed E-state index contributed by atoms with van der Waals surface area (Å²) in [6, 6.07) is 7.93. The van der Waals surface area contributed by atoms with Crippen LogP contribution in [-0.2, 0) is 13.0 Å². The summed E-state index contributed by atoms with van der Waals surface area (Å²) in [4.78, 5) is 4.23. The first-order valence-corrected chi connectivity index (χ1v) is 11.5. The van der Waals surface area contributed by atoms with Crippen LogP contribution in [0, 0.1) is 0 Å². The number of hydrogen-bond acceptors (Lipinski definition) is 6. The van der Waals surface area contributed by atoms with E-state index in [1.807, 2.05) is 48.6 Å². The second-order valence-corrected chi connectivity index (χ2v) is 7.91. The summed E-state index contributed by atoms with van der Waals surface area (Å²) in [6.45, 7) is 17.9. The second-order valence-electron chi connectivity index (χ2n) is 7.91.